The summed E-state index contributed by atoms with van der Waals surface area (Å²) in [6.45, 7) is 2.80. The number of phenolic OH excluding ortho intramolecular Hbond substituents is 1. The van der Waals surface area contributed by atoms with Crippen molar-refractivity contribution in [3.63, 3.8) is 0 Å². The van der Waals surface area contributed by atoms with Crippen molar-refractivity contribution in [3.8, 4) is 5.75 Å². The first kappa shape index (κ1) is 13.6. The molecule has 2 aromatic rings. The van der Waals surface area contributed by atoms with Crippen molar-refractivity contribution < 1.29 is 9.50 Å². The van der Waals surface area contributed by atoms with Gasteiger partial charge in [0.15, 0.2) is 0 Å². The zero-order valence-electron chi connectivity index (χ0n) is 10.9. The van der Waals surface area contributed by atoms with Gasteiger partial charge in [-0.2, -0.15) is 0 Å². The van der Waals surface area contributed by atoms with Crippen molar-refractivity contribution in [2.24, 2.45) is 0 Å². The lowest BCUT2D eigenvalue weighted by Gasteiger charge is -2.17. The Morgan fingerprint density at radius 1 is 1.05 bits per heavy atom. The Kier molecular flexibility index (Phi) is 4.53. The van der Waals surface area contributed by atoms with Crippen LogP contribution in [0.15, 0.2) is 48.5 Å². The fraction of sp³-hybridized carbons (Fsp3) is 0.250. The molecule has 2 rings (SSSR count). The standard InChI is InChI=1S/C16H18FNO/c1-2-16(13-5-9-15(19)10-6-13)18-11-12-3-7-14(17)8-4-12/h3-10,16,18-19H,2,11H2,1H3. The summed E-state index contributed by atoms with van der Waals surface area (Å²) in [4.78, 5) is 0. The number of nitrogens with one attached hydrogen (secondary N) is 1. The number of halogens is 1. The average Bonchev–Trinajstić information content (AvgIpc) is 2.43. The molecule has 19 heavy (non-hydrogen) atoms. The molecule has 3 heteroatoms. The molecule has 0 heterocycles. The minimum atomic E-state index is -0.214. The number of hydrogen-bond acceptors (Lipinski definition) is 2. The minimum absolute atomic E-state index is 0.214. The average molecular weight is 259 g/mol. The summed E-state index contributed by atoms with van der Waals surface area (Å²) in [5.41, 5.74) is 2.20. The van der Waals surface area contributed by atoms with E-state index in [1.54, 1.807) is 24.3 Å². The summed E-state index contributed by atoms with van der Waals surface area (Å²) in [7, 11) is 0. The summed E-state index contributed by atoms with van der Waals surface area (Å²) < 4.78 is 12.8. The van der Waals surface area contributed by atoms with E-state index in [1.165, 1.54) is 12.1 Å². The van der Waals surface area contributed by atoms with Crippen molar-refractivity contribution in [2.45, 2.75) is 25.9 Å². The highest BCUT2D eigenvalue weighted by Gasteiger charge is 2.08. The third-order valence-corrected chi connectivity index (χ3v) is 3.17. The van der Waals surface area contributed by atoms with Gasteiger partial charge in [0.2, 0.25) is 0 Å². The first-order chi connectivity index (χ1) is 9.19. The van der Waals surface area contributed by atoms with Gasteiger partial charge in [0, 0.05) is 12.6 Å². The van der Waals surface area contributed by atoms with Crippen LogP contribution in [0.25, 0.3) is 0 Å². The third kappa shape index (κ3) is 3.80. The van der Waals surface area contributed by atoms with E-state index in [9.17, 15) is 9.50 Å². The number of hydrogen-bond donors (Lipinski definition) is 2. The maximum Gasteiger partial charge on any atom is 0.123 e. The van der Waals surface area contributed by atoms with Crippen LogP contribution in [-0.4, -0.2) is 5.11 Å². The monoisotopic (exact) mass is 259 g/mol. The van der Waals surface area contributed by atoms with E-state index in [4.69, 9.17) is 0 Å². The molecule has 0 aliphatic heterocycles. The van der Waals surface area contributed by atoms with E-state index in [0.717, 1.165) is 17.5 Å². The SMILES string of the molecule is CCC(NCc1ccc(F)cc1)c1ccc(O)cc1. The third-order valence-electron chi connectivity index (χ3n) is 3.17. The van der Waals surface area contributed by atoms with Crippen LogP contribution in [0.1, 0.15) is 30.5 Å². The highest BCUT2D eigenvalue weighted by Crippen LogP contribution is 2.20. The molecule has 100 valence electrons. The topological polar surface area (TPSA) is 32.3 Å². The molecule has 0 spiro atoms. The fourth-order valence-corrected chi connectivity index (χ4v) is 2.05. The van der Waals surface area contributed by atoms with E-state index >= 15 is 0 Å². The number of aromatic hydroxyl groups is 1. The molecule has 0 saturated heterocycles. The van der Waals surface area contributed by atoms with Crippen LogP contribution in [0.4, 0.5) is 4.39 Å². The van der Waals surface area contributed by atoms with Crippen molar-refractivity contribution >= 4 is 0 Å². The number of benzene rings is 2. The molecule has 0 aromatic heterocycles. The molecule has 0 radical (unpaired) electrons. The summed E-state index contributed by atoms with van der Waals surface area (Å²) >= 11 is 0. The van der Waals surface area contributed by atoms with Crippen molar-refractivity contribution in [1.82, 2.24) is 5.32 Å². The molecular formula is C16H18FNO. The Hall–Kier alpha value is -1.87. The lowest BCUT2D eigenvalue weighted by molar-refractivity contribution is 0.473. The van der Waals surface area contributed by atoms with E-state index in [-0.39, 0.29) is 17.6 Å². The van der Waals surface area contributed by atoms with E-state index in [0.29, 0.717) is 6.54 Å². The van der Waals surface area contributed by atoms with Gasteiger partial charge in [-0.3, -0.25) is 0 Å². The predicted molar refractivity (Wildman–Crippen MR) is 74.4 cm³/mol. The lowest BCUT2D eigenvalue weighted by Crippen LogP contribution is -2.20. The second-order valence-electron chi connectivity index (χ2n) is 4.56. The molecule has 0 aliphatic rings. The van der Waals surface area contributed by atoms with Gasteiger partial charge < -0.3 is 10.4 Å². The van der Waals surface area contributed by atoms with E-state index in [2.05, 4.69) is 12.2 Å². The van der Waals surface area contributed by atoms with Crippen LogP contribution in [0.3, 0.4) is 0 Å². The molecule has 0 fully saturated rings. The van der Waals surface area contributed by atoms with Crippen LogP contribution in [0.5, 0.6) is 5.75 Å². The molecule has 0 aliphatic carbocycles. The fourth-order valence-electron chi connectivity index (χ4n) is 2.05. The molecule has 2 nitrogen and oxygen atoms in total. The molecule has 1 unspecified atom stereocenters. The van der Waals surface area contributed by atoms with Gasteiger partial charge in [-0.25, -0.2) is 4.39 Å². The largest absolute Gasteiger partial charge is 0.508 e. The minimum Gasteiger partial charge on any atom is -0.508 e. The van der Waals surface area contributed by atoms with Gasteiger partial charge in [0.1, 0.15) is 11.6 Å². The van der Waals surface area contributed by atoms with E-state index in [1.807, 2.05) is 12.1 Å². The highest BCUT2D eigenvalue weighted by atomic mass is 19.1. The van der Waals surface area contributed by atoms with Crippen LogP contribution in [0.2, 0.25) is 0 Å². The normalized spacial score (nSPS) is 12.3. The van der Waals surface area contributed by atoms with Gasteiger partial charge in [-0.15, -0.1) is 0 Å². The van der Waals surface area contributed by atoms with Crippen molar-refractivity contribution in [3.05, 3.63) is 65.5 Å². The Balaban J connectivity index is 1.99. The summed E-state index contributed by atoms with van der Waals surface area (Å²) in [5.74, 6) is 0.0615. The van der Waals surface area contributed by atoms with Crippen LogP contribution in [0, 0.1) is 5.82 Å². The highest BCUT2D eigenvalue weighted by molar-refractivity contribution is 5.28. The second kappa shape index (κ2) is 6.34. The zero-order chi connectivity index (χ0) is 13.7. The summed E-state index contributed by atoms with van der Waals surface area (Å²) in [5, 5.41) is 12.7. The first-order valence-electron chi connectivity index (χ1n) is 6.46. The number of phenols is 1. The van der Waals surface area contributed by atoms with Crippen LogP contribution < -0.4 is 5.32 Å². The van der Waals surface area contributed by atoms with Gasteiger partial charge in [0.05, 0.1) is 0 Å². The summed E-state index contributed by atoms with van der Waals surface area (Å²) in [6, 6.07) is 14.0. The van der Waals surface area contributed by atoms with Crippen LogP contribution in [-0.2, 0) is 6.54 Å². The van der Waals surface area contributed by atoms with Crippen molar-refractivity contribution in [2.75, 3.05) is 0 Å². The van der Waals surface area contributed by atoms with Gasteiger partial charge >= 0.3 is 0 Å². The van der Waals surface area contributed by atoms with Gasteiger partial charge in [-0.05, 0) is 41.8 Å². The Bertz CT molecular complexity index is 507. The first-order valence-corrected chi connectivity index (χ1v) is 6.46. The lowest BCUT2D eigenvalue weighted by atomic mass is 10.0. The molecule has 1 atom stereocenters. The smallest absolute Gasteiger partial charge is 0.123 e. The molecule has 0 bridgehead atoms. The maximum absolute atomic E-state index is 12.8. The molecule has 2 aromatic carbocycles. The summed E-state index contributed by atoms with van der Waals surface area (Å²) in [6.07, 6.45) is 0.950. The van der Waals surface area contributed by atoms with E-state index < -0.39 is 0 Å². The zero-order valence-corrected chi connectivity index (χ0v) is 10.9. The Morgan fingerprint density at radius 3 is 2.26 bits per heavy atom. The number of rotatable bonds is 5. The van der Waals surface area contributed by atoms with Gasteiger partial charge in [0.25, 0.3) is 0 Å². The van der Waals surface area contributed by atoms with Gasteiger partial charge in [-0.1, -0.05) is 31.2 Å². The quantitative estimate of drug-likeness (QED) is 0.856. The predicted octanol–water partition coefficient (Wildman–Crippen LogP) is 3.77. The molecule has 0 amide bonds. The second-order valence-corrected chi connectivity index (χ2v) is 4.56. The van der Waals surface area contributed by atoms with Crippen molar-refractivity contribution in [1.29, 1.82) is 0 Å². The Labute approximate surface area is 112 Å². The maximum atomic E-state index is 12.8. The van der Waals surface area contributed by atoms with Crippen LogP contribution >= 0.6 is 0 Å². The molecule has 2 N–H and O–H groups in total. The Morgan fingerprint density at radius 2 is 1.68 bits per heavy atom. The molecular weight excluding hydrogens is 241 g/mol. The molecule has 0 saturated carbocycles.